The van der Waals surface area contributed by atoms with E-state index in [9.17, 15) is 24.6 Å². The van der Waals surface area contributed by atoms with E-state index < -0.39 is 29.2 Å². The van der Waals surface area contributed by atoms with Crippen LogP contribution in [0.5, 0.6) is 17.2 Å². The molecule has 0 bridgehead atoms. The summed E-state index contributed by atoms with van der Waals surface area (Å²) in [6.07, 6.45) is 4.09. The van der Waals surface area contributed by atoms with Gasteiger partial charge < -0.3 is 51.0 Å². The summed E-state index contributed by atoms with van der Waals surface area (Å²) in [6, 6.07) is 16.6. The van der Waals surface area contributed by atoms with Crippen LogP contribution in [0.4, 0.5) is 0 Å². The number of hydrogen-bond acceptors (Lipinski definition) is 11. The van der Waals surface area contributed by atoms with E-state index in [4.69, 9.17) is 59.1 Å². The third kappa shape index (κ3) is 11.8. The monoisotopic (exact) mass is 826 g/mol. The van der Waals surface area contributed by atoms with Crippen LogP contribution in [0.15, 0.2) is 67.0 Å². The van der Waals surface area contributed by atoms with Gasteiger partial charge in [0.25, 0.3) is 0 Å². The van der Waals surface area contributed by atoms with Gasteiger partial charge in [-0.15, -0.1) is 0 Å². The minimum Gasteiger partial charge on any atom is -0.492 e. The van der Waals surface area contributed by atoms with Crippen LogP contribution >= 0.6 is 23.2 Å². The molecule has 0 saturated carbocycles. The van der Waals surface area contributed by atoms with Crippen LogP contribution in [0.3, 0.4) is 0 Å². The van der Waals surface area contributed by atoms with Crippen molar-refractivity contribution in [2.45, 2.75) is 46.4 Å². The van der Waals surface area contributed by atoms with Crippen molar-refractivity contribution in [1.29, 1.82) is 0 Å². The number of carbonyl (C=O) groups excluding carboxylic acids is 1. The number of aliphatic hydroxyl groups excluding tert-OH is 2. The van der Waals surface area contributed by atoms with Crippen molar-refractivity contribution >= 4 is 41.0 Å². The number of carboxylic acid groups (broad SMARTS) is 2. The van der Waals surface area contributed by atoms with Crippen LogP contribution in [-0.4, -0.2) is 87.6 Å². The van der Waals surface area contributed by atoms with Gasteiger partial charge in [-0.25, -0.2) is 0 Å². The predicted molar refractivity (Wildman–Crippen MR) is 215 cm³/mol. The van der Waals surface area contributed by atoms with Crippen LogP contribution in [-0.2, 0) is 29.3 Å². The van der Waals surface area contributed by atoms with Gasteiger partial charge in [-0.2, -0.15) is 0 Å². The van der Waals surface area contributed by atoms with E-state index in [1.54, 1.807) is 24.4 Å². The molecule has 57 heavy (non-hydrogen) atoms. The third-order valence-electron chi connectivity index (χ3n) is 9.65. The van der Waals surface area contributed by atoms with Gasteiger partial charge in [0.15, 0.2) is 0 Å². The Morgan fingerprint density at radius 1 is 0.930 bits per heavy atom. The molecule has 0 spiro atoms. The van der Waals surface area contributed by atoms with E-state index in [1.807, 2.05) is 48.2 Å². The summed E-state index contributed by atoms with van der Waals surface area (Å²) in [4.78, 5) is 39.0. The molecule has 8 N–H and O–H groups in total. The SMILES string of the molecule is CC(CO)C(=O)O.Cc1c(COc2cc(OCc3cncc(C(N)=O)c3)c(CN)cc2Cl)cccc1-c1cccc(OCCCN2CCC(CO)(C(=O)O)C2)c1Cl. The lowest BCUT2D eigenvalue weighted by molar-refractivity contribution is -0.150. The quantitative estimate of drug-likeness (QED) is 0.0700. The number of nitrogens with zero attached hydrogens (tertiary/aromatic N) is 2. The maximum absolute atomic E-state index is 11.6. The summed E-state index contributed by atoms with van der Waals surface area (Å²) in [5, 5.41) is 36.2. The van der Waals surface area contributed by atoms with Crippen molar-refractivity contribution in [3.8, 4) is 28.4 Å². The topological polar surface area (TPSA) is 228 Å². The van der Waals surface area contributed by atoms with E-state index >= 15 is 0 Å². The Morgan fingerprint density at radius 2 is 1.65 bits per heavy atom. The second-order valence-electron chi connectivity index (χ2n) is 13.7. The first kappa shape index (κ1) is 44.8. The smallest absolute Gasteiger partial charge is 0.313 e. The molecule has 1 aromatic heterocycles. The summed E-state index contributed by atoms with van der Waals surface area (Å²) in [6.45, 7) is 5.33. The van der Waals surface area contributed by atoms with Crippen molar-refractivity contribution in [3.63, 3.8) is 0 Å². The van der Waals surface area contributed by atoms with Gasteiger partial charge in [0.2, 0.25) is 5.91 Å². The number of rotatable bonds is 18. The first-order valence-corrected chi connectivity index (χ1v) is 18.9. The summed E-state index contributed by atoms with van der Waals surface area (Å²) in [5.74, 6) is -1.66. The number of amides is 1. The normalized spacial score (nSPS) is 15.6. The maximum Gasteiger partial charge on any atom is 0.313 e. The molecule has 4 aromatic rings. The largest absolute Gasteiger partial charge is 0.492 e. The number of ether oxygens (including phenoxy) is 3. The van der Waals surface area contributed by atoms with Crippen molar-refractivity contribution < 1.29 is 49.0 Å². The molecule has 2 heterocycles. The minimum atomic E-state index is -1.09. The second-order valence-corrected chi connectivity index (χ2v) is 14.5. The number of benzene rings is 3. The van der Waals surface area contributed by atoms with Crippen LogP contribution < -0.4 is 25.7 Å². The van der Waals surface area contributed by atoms with E-state index in [-0.39, 0.29) is 38.5 Å². The van der Waals surface area contributed by atoms with Gasteiger partial charge in [-0.05, 0) is 68.1 Å². The molecule has 2 atom stereocenters. The highest BCUT2D eigenvalue weighted by molar-refractivity contribution is 6.35. The fraction of sp³-hybridized carbons (Fsp3) is 0.366. The number of carbonyl (C=O) groups is 3. The van der Waals surface area contributed by atoms with Gasteiger partial charge >= 0.3 is 11.9 Å². The maximum atomic E-state index is 11.6. The average Bonchev–Trinajstić information content (AvgIpc) is 3.64. The van der Waals surface area contributed by atoms with Gasteiger partial charge in [-0.1, -0.05) is 53.5 Å². The molecule has 306 valence electrons. The van der Waals surface area contributed by atoms with Crippen LogP contribution in [0.2, 0.25) is 10.0 Å². The number of primary amides is 1. The zero-order chi connectivity index (χ0) is 41.7. The van der Waals surface area contributed by atoms with Gasteiger partial charge in [-0.3, -0.25) is 19.4 Å². The lowest BCUT2D eigenvalue weighted by Gasteiger charge is -2.22. The zero-order valence-electron chi connectivity index (χ0n) is 31.7. The lowest BCUT2D eigenvalue weighted by atomic mass is 9.88. The summed E-state index contributed by atoms with van der Waals surface area (Å²) < 4.78 is 18.3. The van der Waals surface area contributed by atoms with E-state index in [2.05, 4.69) is 4.98 Å². The van der Waals surface area contributed by atoms with Crippen LogP contribution in [0.1, 0.15) is 52.4 Å². The molecule has 1 fully saturated rings. The predicted octanol–water partition coefficient (Wildman–Crippen LogP) is 5.32. The summed E-state index contributed by atoms with van der Waals surface area (Å²) in [5.41, 5.74) is 15.5. The first-order chi connectivity index (χ1) is 27.2. The van der Waals surface area contributed by atoms with E-state index in [0.717, 1.165) is 22.3 Å². The van der Waals surface area contributed by atoms with Gasteiger partial charge in [0, 0.05) is 54.8 Å². The molecule has 1 aliphatic rings. The van der Waals surface area contributed by atoms with Crippen LogP contribution in [0, 0.1) is 18.3 Å². The van der Waals surface area contributed by atoms with Crippen molar-refractivity contribution in [3.05, 3.63) is 105 Å². The fourth-order valence-corrected chi connectivity index (χ4v) is 6.55. The van der Waals surface area contributed by atoms with Crippen molar-refractivity contribution in [2.75, 3.05) is 39.5 Å². The first-order valence-electron chi connectivity index (χ1n) is 18.2. The molecular formula is C41H48Cl2N4O10. The van der Waals surface area contributed by atoms with Gasteiger partial charge in [0.1, 0.15) is 35.9 Å². The molecule has 2 unspecified atom stereocenters. The number of carboxylic acids is 2. The Morgan fingerprint density at radius 3 is 2.28 bits per heavy atom. The summed E-state index contributed by atoms with van der Waals surface area (Å²) >= 11 is 13.5. The molecule has 1 aliphatic heterocycles. The zero-order valence-corrected chi connectivity index (χ0v) is 33.3. The third-order valence-corrected chi connectivity index (χ3v) is 10.3. The number of pyridine rings is 1. The van der Waals surface area contributed by atoms with Gasteiger partial charge in [0.05, 0.1) is 41.3 Å². The molecule has 5 rings (SSSR count). The number of halogens is 2. The highest BCUT2D eigenvalue weighted by atomic mass is 35.5. The number of aliphatic carboxylic acids is 2. The molecule has 3 aromatic carbocycles. The number of aromatic nitrogens is 1. The Balaban J connectivity index is 0.000000940. The standard InChI is InChI=1S/C37H40Cl2N4O7.C4H8O3/c1-23-25(20-50-33-15-32(26(16-40)14-30(33)38)49-19-24-13-27(35(41)45)18-42-17-24)5-2-6-28(23)29-7-3-8-31(34(29)39)48-12-4-10-43-11-9-37(21-43,22-44)36(46)47;1-3(2-5)4(6)7/h2-3,5-8,13-15,17-18,44H,4,9-12,16,19-22,40H2,1H3,(H2,41,45)(H,46,47);3,5H,2H2,1H3,(H,6,7). The highest BCUT2D eigenvalue weighted by Crippen LogP contribution is 2.39. The minimum absolute atomic E-state index is 0.128. The Bertz CT molecular complexity index is 2030. The lowest BCUT2D eigenvalue weighted by Crippen LogP contribution is -2.38. The molecule has 1 saturated heterocycles. The molecule has 14 nitrogen and oxygen atoms in total. The second kappa shape index (κ2) is 21.0. The Kier molecular flexibility index (Phi) is 16.5. The highest BCUT2D eigenvalue weighted by Gasteiger charge is 2.44. The summed E-state index contributed by atoms with van der Waals surface area (Å²) in [7, 11) is 0. The Hall–Kier alpha value is -4.96. The molecular weight excluding hydrogens is 779 g/mol. The van der Waals surface area contributed by atoms with E-state index in [1.165, 1.54) is 13.1 Å². The van der Waals surface area contributed by atoms with Crippen molar-refractivity contribution in [1.82, 2.24) is 9.88 Å². The average molecular weight is 828 g/mol. The number of aliphatic hydroxyl groups is 2. The number of nitrogens with two attached hydrogens (primary N) is 2. The van der Waals surface area contributed by atoms with E-state index in [0.29, 0.717) is 77.5 Å². The molecule has 1 amide bonds. The molecule has 0 aliphatic carbocycles. The molecule has 16 heteroatoms. The van der Waals surface area contributed by atoms with Crippen LogP contribution in [0.25, 0.3) is 11.1 Å². The fourth-order valence-electron chi connectivity index (χ4n) is 6.03. The molecule has 0 radical (unpaired) electrons. The van der Waals surface area contributed by atoms with Crippen molar-refractivity contribution in [2.24, 2.45) is 22.8 Å². The number of likely N-dealkylation sites (tertiary alicyclic amines) is 1. The Labute approximate surface area is 340 Å². The number of hydrogen-bond donors (Lipinski definition) is 6.